The van der Waals surface area contributed by atoms with Crippen LogP contribution in [-0.4, -0.2) is 30.7 Å². The molecule has 1 atom stereocenters. The zero-order chi connectivity index (χ0) is 9.68. The van der Waals surface area contributed by atoms with Crippen LogP contribution in [0.3, 0.4) is 0 Å². The topological polar surface area (TPSA) is 64.3 Å². The molecule has 5 heteroatoms. The third-order valence-electron chi connectivity index (χ3n) is 1.97. The van der Waals surface area contributed by atoms with Crippen LogP contribution in [-0.2, 0) is 9.53 Å². The van der Waals surface area contributed by atoms with E-state index in [0.29, 0.717) is 31.2 Å². The molecular weight excluding hydrogens is 188 g/mol. The first-order valence-electron chi connectivity index (χ1n) is 4.34. The second-order valence-electron chi connectivity index (χ2n) is 3.07. The molecular formula is C8H14N2O2S. The van der Waals surface area contributed by atoms with Crippen LogP contribution in [0.15, 0.2) is 0 Å². The van der Waals surface area contributed by atoms with Crippen LogP contribution in [0, 0.1) is 5.92 Å². The lowest BCUT2D eigenvalue weighted by Gasteiger charge is -2.08. The van der Waals surface area contributed by atoms with Gasteiger partial charge in [0.2, 0.25) is 5.91 Å². The van der Waals surface area contributed by atoms with Gasteiger partial charge in [0.25, 0.3) is 0 Å². The smallest absolute Gasteiger partial charge is 0.225 e. The third kappa shape index (κ3) is 3.69. The third-order valence-corrected chi connectivity index (χ3v) is 2.18. The molecule has 1 heterocycles. The van der Waals surface area contributed by atoms with E-state index in [9.17, 15) is 4.79 Å². The molecule has 1 unspecified atom stereocenters. The molecule has 3 N–H and O–H groups in total. The average Bonchev–Trinajstić information content (AvgIpc) is 2.55. The fourth-order valence-electron chi connectivity index (χ4n) is 1.19. The van der Waals surface area contributed by atoms with Gasteiger partial charge < -0.3 is 15.8 Å². The summed E-state index contributed by atoms with van der Waals surface area (Å²) in [4.78, 5) is 11.8. The fraction of sp³-hybridized carbons (Fsp3) is 0.750. The number of nitrogens with two attached hydrogens (primary N) is 1. The van der Waals surface area contributed by atoms with Crippen LogP contribution >= 0.6 is 12.2 Å². The molecule has 13 heavy (non-hydrogen) atoms. The van der Waals surface area contributed by atoms with Gasteiger partial charge in [-0.2, -0.15) is 0 Å². The van der Waals surface area contributed by atoms with Crippen molar-refractivity contribution in [3.8, 4) is 0 Å². The number of rotatable bonds is 4. The van der Waals surface area contributed by atoms with Crippen molar-refractivity contribution in [3.63, 3.8) is 0 Å². The number of nitrogens with one attached hydrogen (secondary N) is 1. The Hall–Kier alpha value is -0.680. The maximum absolute atomic E-state index is 11.4. The molecule has 1 aliphatic rings. The number of carbonyl (C=O) groups is 1. The number of hydrogen-bond acceptors (Lipinski definition) is 3. The van der Waals surface area contributed by atoms with E-state index < -0.39 is 0 Å². The summed E-state index contributed by atoms with van der Waals surface area (Å²) < 4.78 is 5.09. The summed E-state index contributed by atoms with van der Waals surface area (Å²) in [6.07, 6.45) is 1.38. The molecule has 0 spiro atoms. The van der Waals surface area contributed by atoms with E-state index in [1.54, 1.807) is 0 Å². The molecule has 0 aromatic heterocycles. The summed E-state index contributed by atoms with van der Waals surface area (Å²) >= 11 is 4.68. The summed E-state index contributed by atoms with van der Waals surface area (Å²) in [6.45, 7) is 1.76. The molecule has 0 bridgehead atoms. The minimum Gasteiger partial charge on any atom is -0.393 e. The van der Waals surface area contributed by atoms with Gasteiger partial charge in [-0.05, 0) is 6.42 Å². The fourth-order valence-corrected chi connectivity index (χ4v) is 1.30. The molecule has 0 aliphatic carbocycles. The second-order valence-corrected chi connectivity index (χ2v) is 3.59. The SMILES string of the molecule is NC(=S)CCNC(=O)C1CCOC1. The lowest BCUT2D eigenvalue weighted by molar-refractivity contribution is -0.124. The van der Waals surface area contributed by atoms with Crippen molar-refractivity contribution in [1.29, 1.82) is 0 Å². The minimum atomic E-state index is 0.0198. The van der Waals surface area contributed by atoms with Gasteiger partial charge in [0.15, 0.2) is 0 Å². The first-order chi connectivity index (χ1) is 6.20. The van der Waals surface area contributed by atoms with Gasteiger partial charge in [0.1, 0.15) is 0 Å². The predicted molar refractivity (Wildman–Crippen MR) is 53.3 cm³/mol. The summed E-state index contributed by atoms with van der Waals surface area (Å²) in [7, 11) is 0. The molecule has 1 amide bonds. The Labute approximate surface area is 82.8 Å². The van der Waals surface area contributed by atoms with Crippen LogP contribution in [0.25, 0.3) is 0 Å². The Kier molecular flexibility index (Phi) is 4.11. The number of ether oxygens (including phenoxy) is 1. The van der Waals surface area contributed by atoms with E-state index in [1.807, 2.05) is 0 Å². The van der Waals surface area contributed by atoms with Crippen molar-refractivity contribution in [2.75, 3.05) is 19.8 Å². The van der Waals surface area contributed by atoms with Crippen LogP contribution in [0.1, 0.15) is 12.8 Å². The highest BCUT2D eigenvalue weighted by molar-refractivity contribution is 7.80. The van der Waals surface area contributed by atoms with Crippen LogP contribution in [0.5, 0.6) is 0 Å². The summed E-state index contributed by atoms with van der Waals surface area (Å²) in [5.41, 5.74) is 5.29. The van der Waals surface area contributed by atoms with Crippen LogP contribution < -0.4 is 11.1 Å². The normalized spacial score (nSPS) is 21.4. The Morgan fingerprint density at radius 1 is 1.69 bits per heavy atom. The number of hydrogen-bond donors (Lipinski definition) is 2. The zero-order valence-electron chi connectivity index (χ0n) is 7.41. The highest BCUT2D eigenvalue weighted by atomic mass is 32.1. The Morgan fingerprint density at radius 2 is 2.46 bits per heavy atom. The Bertz CT molecular complexity index is 202. The minimum absolute atomic E-state index is 0.0198. The van der Waals surface area contributed by atoms with E-state index in [1.165, 1.54) is 0 Å². The van der Waals surface area contributed by atoms with Crippen molar-refractivity contribution < 1.29 is 9.53 Å². The van der Waals surface area contributed by atoms with Gasteiger partial charge in [0, 0.05) is 19.6 Å². The number of carbonyl (C=O) groups excluding carboxylic acids is 1. The quantitative estimate of drug-likeness (QED) is 0.620. The van der Waals surface area contributed by atoms with Crippen molar-refractivity contribution in [3.05, 3.63) is 0 Å². The summed E-state index contributed by atoms with van der Waals surface area (Å²) in [5.74, 6) is 0.0695. The second kappa shape index (κ2) is 5.14. The van der Waals surface area contributed by atoms with Crippen molar-refractivity contribution in [2.45, 2.75) is 12.8 Å². The summed E-state index contributed by atoms with van der Waals surface area (Å²) in [5, 5.41) is 2.77. The molecule has 0 saturated carbocycles. The largest absolute Gasteiger partial charge is 0.393 e. The monoisotopic (exact) mass is 202 g/mol. The molecule has 1 fully saturated rings. The molecule has 1 rings (SSSR count). The van der Waals surface area contributed by atoms with Gasteiger partial charge in [-0.1, -0.05) is 12.2 Å². The Balaban J connectivity index is 2.13. The standard InChI is InChI=1S/C8H14N2O2S/c9-7(13)1-3-10-8(11)6-2-4-12-5-6/h6H,1-5H2,(H2,9,13)(H,10,11). The zero-order valence-corrected chi connectivity index (χ0v) is 8.23. The maximum Gasteiger partial charge on any atom is 0.225 e. The van der Waals surface area contributed by atoms with Crippen molar-refractivity contribution in [1.82, 2.24) is 5.32 Å². The van der Waals surface area contributed by atoms with Gasteiger partial charge in [-0.3, -0.25) is 4.79 Å². The lowest BCUT2D eigenvalue weighted by Crippen LogP contribution is -2.33. The maximum atomic E-state index is 11.4. The van der Waals surface area contributed by atoms with E-state index in [-0.39, 0.29) is 11.8 Å². The van der Waals surface area contributed by atoms with Crippen LogP contribution in [0.4, 0.5) is 0 Å². The molecule has 0 aromatic rings. The molecule has 0 radical (unpaired) electrons. The first kappa shape index (κ1) is 10.4. The van der Waals surface area contributed by atoms with Gasteiger partial charge in [-0.25, -0.2) is 0 Å². The van der Waals surface area contributed by atoms with Gasteiger partial charge >= 0.3 is 0 Å². The van der Waals surface area contributed by atoms with E-state index in [4.69, 9.17) is 10.5 Å². The van der Waals surface area contributed by atoms with Crippen LogP contribution in [0.2, 0.25) is 0 Å². The Morgan fingerprint density at radius 3 is 3.00 bits per heavy atom. The average molecular weight is 202 g/mol. The van der Waals surface area contributed by atoms with Gasteiger partial charge in [-0.15, -0.1) is 0 Å². The first-order valence-corrected chi connectivity index (χ1v) is 4.74. The summed E-state index contributed by atoms with van der Waals surface area (Å²) in [6, 6.07) is 0. The molecule has 1 saturated heterocycles. The molecule has 1 aliphatic heterocycles. The van der Waals surface area contributed by atoms with E-state index in [0.717, 1.165) is 6.42 Å². The number of amides is 1. The highest BCUT2D eigenvalue weighted by Crippen LogP contribution is 2.11. The van der Waals surface area contributed by atoms with Crippen molar-refractivity contribution in [2.24, 2.45) is 11.7 Å². The molecule has 74 valence electrons. The predicted octanol–water partition coefficient (Wildman–Crippen LogP) is -0.185. The van der Waals surface area contributed by atoms with Crippen molar-refractivity contribution >= 4 is 23.1 Å². The highest BCUT2D eigenvalue weighted by Gasteiger charge is 2.22. The lowest BCUT2D eigenvalue weighted by atomic mass is 10.1. The molecule has 0 aromatic carbocycles. The molecule has 4 nitrogen and oxygen atoms in total. The van der Waals surface area contributed by atoms with E-state index in [2.05, 4.69) is 17.5 Å². The van der Waals surface area contributed by atoms with Gasteiger partial charge in [0.05, 0.1) is 17.5 Å². The number of thiocarbonyl (C=S) groups is 1. The van der Waals surface area contributed by atoms with E-state index >= 15 is 0 Å².